The van der Waals surface area contributed by atoms with Crippen LogP contribution in [-0.2, 0) is 11.3 Å². The molecule has 2 aliphatic rings. The van der Waals surface area contributed by atoms with Gasteiger partial charge in [-0.25, -0.2) is 9.98 Å². The second kappa shape index (κ2) is 10.8. The molecule has 0 radical (unpaired) electrons. The summed E-state index contributed by atoms with van der Waals surface area (Å²) >= 11 is 0. The first kappa shape index (κ1) is 21.9. The van der Waals surface area contributed by atoms with Crippen LogP contribution in [0.3, 0.4) is 0 Å². The van der Waals surface area contributed by atoms with E-state index < -0.39 is 0 Å². The van der Waals surface area contributed by atoms with E-state index in [1.165, 1.54) is 0 Å². The van der Waals surface area contributed by atoms with E-state index in [0.717, 1.165) is 49.8 Å². The lowest BCUT2D eigenvalue weighted by molar-refractivity contribution is -0.00545. The lowest BCUT2D eigenvalue weighted by atomic mass is 10.2. The Hall–Kier alpha value is -1.35. The highest BCUT2D eigenvalue weighted by molar-refractivity contribution is 14.0. The molecule has 0 spiro atoms. The monoisotopic (exact) mass is 485 g/mol. The number of aliphatic imine (C=N–C) groups is 1. The summed E-state index contributed by atoms with van der Waals surface area (Å²) < 4.78 is 5.80. The van der Waals surface area contributed by atoms with Gasteiger partial charge in [0, 0.05) is 31.9 Å². The number of morpholine rings is 1. The summed E-state index contributed by atoms with van der Waals surface area (Å²) in [4.78, 5) is 11.7. The predicted octanol–water partition coefficient (Wildman–Crippen LogP) is 3.09. The average molecular weight is 485 g/mol. The maximum Gasteiger partial charge on any atom is 0.191 e. The average Bonchev–Trinajstić information content (AvgIpc) is 3.12. The number of hydrogen-bond acceptors (Lipinski definition) is 4. The normalized spacial score (nSPS) is 23.2. The van der Waals surface area contributed by atoms with Crippen molar-refractivity contribution in [1.29, 1.82) is 0 Å². The minimum absolute atomic E-state index is 0. The van der Waals surface area contributed by atoms with E-state index in [0.29, 0.717) is 12.6 Å². The minimum Gasteiger partial charge on any atom is -0.372 e. The van der Waals surface area contributed by atoms with Crippen molar-refractivity contribution in [2.24, 2.45) is 4.99 Å². The highest BCUT2D eigenvalue weighted by Crippen LogP contribution is 2.18. The van der Waals surface area contributed by atoms with Gasteiger partial charge in [0.25, 0.3) is 0 Å². The standard InChI is InChI=1S/C20H31N5O.HI/c1-4-21-20(24-18-7-5-6-8-18)23-12-17-9-10-19(22-11-17)25-13-15(2)26-16(3)14-25;/h5-6,9-11,15-16,18H,4,7-8,12-14H2,1-3H3,(H2,21,23,24);1H. The van der Waals surface area contributed by atoms with Crippen molar-refractivity contribution in [3.8, 4) is 0 Å². The molecule has 2 unspecified atom stereocenters. The third-order valence-electron chi connectivity index (χ3n) is 4.67. The van der Waals surface area contributed by atoms with E-state index in [9.17, 15) is 0 Å². The van der Waals surface area contributed by atoms with Crippen molar-refractivity contribution >= 4 is 35.8 Å². The Morgan fingerprint density at radius 1 is 1.22 bits per heavy atom. The quantitative estimate of drug-likeness (QED) is 0.291. The second-order valence-electron chi connectivity index (χ2n) is 7.17. The molecule has 2 N–H and O–H groups in total. The van der Waals surface area contributed by atoms with Crippen molar-refractivity contribution in [2.45, 2.75) is 58.4 Å². The molecular formula is C20H32IN5O. The summed E-state index contributed by atoms with van der Waals surface area (Å²) in [7, 11) is 0. The van der Waals surface area contributed by atoms with E-state index in [1.807, 2.05) is 6.20 Å². The fourth-order valence-electron chi connectivity index (χ4n) is 3.48. The van der Waals surface area contributed by atoms with Gasteiger partial charge >= 0.3 is 0 Å². The Morgan fingerprint density at radius 2 is 1.93 bits per heavy atom. The molecule has 6 nitrogen and oxygen atoms in total. The topological polar surface area (TPSA) is 61.8 Å². The van der Waals surface area contributed by atoms with E-state index >= 15 is 0 Å². The molecular weight excluding hydrogens is 453 g/mol. The van der Waals surface area contributed by atoms with E-state index in [-0.39, 0.29) is 36.2 Å². The maximum absolute atomic E-state index is 5.80. The zero-order valence-corrected chi connectivity index (χ0v) is 18.8. The molecule has 1 saturated heterocycles. The molecule has 1 aromatic rings. The Balaban J connectivity index is 0.00000261. The van der Waals surface area contributed by atoms with Crippen molar-refractivity contribution in [2.75, 3.05) is 24.5 Å². The molecule has 1 fully saturated rings. The number of hydrogen-bond donors (Lipinski definition) is 2. The second-order valence-corrected chi connectivity index (χ2v) is 7.17. The van der Waals surface area contributed by atoms with Crippen molar-refractivity contribution in [1.82, 2.24) is 15.6 Å². The number of guanidine groups is 1. The van der Waals surface area contributed by atoms with Crippen LogP contribution in [0.25, 0.3) is 0 Å². The summed E-state index contributed by atoms with van der Waals surface area (Å²) in [5.74, 6) is 1.89. The number of rotatable bonds is 5. The molecule has 7 heteroatoms. The Kier molecular flexibility index (Phi) is 8.82. The van der Waals surface area contributed by atoms with Gasteiger partial charge in [-0.05, 0) is 45.2 Å². The fourth-order valence-corrected chi connectivity index (χ4v) is 3.48. The van der Waals surface area contributed by atoms with Crippen LogP contribution < -0.4 is 15.5 Å². The Morgan fingerprint density at radius 3 is 2.52 bits per heavy atom. The van der Waals surface area contributed by atoms with Crippen molar-refractivity contribution in [3.05, 3.63) is 36.0 Å². The summed E-state index contributed by atoms with van der Waals surface area (Å²) in [6.45, 7) is 9.57. The minimum atomic E-state index is 0. The highest BCUT2D eigenvalue weighted by atomic mass is 127. The Labute approximate surface area is 179 Å². The van der Waals surface area contributed by atoms with Gasteiger partial charge in [0.15, 0.2) is 5.96 Å². The van der Waals surface area contributed by atoms with Crippen LogP contribution in [0.4, 0.5) is 5.82 Å². The predicted molar refractivity (Wildman–Crippen MR) is 122 cm³/mol. The molecule has 1 aliphatic carbocycles. The van der Waals surface area contributed by atoms with Crippen molar-refractivity contribution in [3.63, 3.8) is 0 Å². The fraction of sp³-hybridized carbons (Fsp3) is 0.600. The molecule has 2 heterocycles. The van der Waals surface area contributed by atoms with Gasteiger partial charge in [0.05, 0.1) is 18.8 Å². The summed E-state index contributed by atoms with van der Waals surface area (Å²) in [6, 6.07) is 4.67. The largest absolute Gasteiger partial charge is 0.372 e. The molecule has 1 aromatic heterocycles. The molecule has 2 atom stereocenters. The number of pyridine rings is 1. The van der Waals surface area contributed by atoms with Gasteiger partial charge in [-0.15, -0.1) is 24.0 Å². The number of ether oxygens (including phenoxy) is 1. The van der Waals surface area contributed by atoms with Gasteiger partial charge in [-0.1, -0.05) is 18.2 Å². The third-order valence-corrected chi connectivity index (χ3v) is 4.67. The van der Waals surface area contributed by atoms with Gasteiger partial charge < -0.3 is 20.3 Å². The first-order chi connectivity index (χ1) is 12.6. The first-order valence-electron chi connectivity index (χ1n) is 9.69. The van der Waals surface area contributed by atoms with Crippen molar-refractivity contribution < 1.29 is 4.74 Å². The zero-order valence-electron chi connectivity index (χ0n) is 16.5. The maximum atomic E-state index is 5.80. The molecule has 150 valence electrons. The molecule has 0 aromatic carbocycles. The summed E-state index contributed by atoms with van der Waals surface area (Å²) in [5.41, 5.74) is 1.12. The number of anilines is 1. The number of halogens is 1. The van der Waals surface area contributed by atoms with Crippen LogP contribution in [0.15, 0.2) is 35.5 Å². The number of nitrogens with one attached hydrogen (secondary N) is 2. The van der Waals surface area contributed by atoms with Gasteiger partial charge in [0.2, 0.25) is 0 Å². The van der Waals surface area contributed by atoms with Gasteiger partial charge in [-0.2, -0.15) is 0 Å². The van der Waals surface area contributed by atoms with Gasteiger partial charge in [0.1, 0.15) is 5.82 Å². The van der Waals surface area contributed by atoms with E-state index in [1.54, 1.807) is 0 Å². The summed E-state index contributed by atoms with van der Waals surface area (Å²) in [6.07, 6.45) is 8.99. The van der Waals surface area contributed by atoms with Crippen LogP contribution in [0, 0.1) is 0 Å². The first-order valence-corrected chi connectivity index (χ1v) is 9.69. The van der Waals surface area contributed by atoms with E-state index in [4.69, 9.17) is 9.73 Å². The Bertz CT molecular complexity index is 616. The molecule has 0 bridgehead atoms. The molecule has 3 rings (SSSR count). The highest BCUT2D eigenvalue weighted by Gasteiger charge is 2.22. The third kappa shape index (κ3) is 6.64. The van der Waals surface area contributed by atoms with Crippen LogP contribution >= 0.6 is 24.0 Å². The number of aromatic nitrogens is 1. The molecule has 0 amide bonds. The summed E-state index contributed by atoms with van der Waals surface area (Å²) in [5, 5.41) is 6.81. The molecule has 27 heavy (non-hydrogen) atoms. The lowest BCUT2D eigenvalue weighted by Gasteiger charge is -2.36. The van der Waals surface area contributed by atoms with E-state index in [2.05, 4.69) is 65.6 Å². The van der Waals surface area contributed by atoms with Gasteiger partial charge in [-0.3, -0.25) is 0 Å². The molecule has 0 saturated carbocycles. The van der Waals surface area contributed by atoms with Crippen LogP contribution in [0.2, 0.25) is 0 Å². The molecule has 1 aliphatic heterocycles. The zero-order chi connectivity index (χ0) is 18.4. The van der Waals surface area contributed by atoms with Crippen LogP contribution in [0.5, 0.6) is 0 Å². The SMILES string of the molecule is CCNC(=NCc1ccc(N2CC(C)OC(C)C2)nc1)NC1CC=CC1.I. The van der Waals surface area contributed by atoms with Crippen LogP contribution in [-0.4, -0.2) is 48.8 Å². The van der Waals surface area contributed by atoms with Crippen LogP contribution in [0.1, 0.15) is 39.2 Å². The smallest absolute Gasteiger partial charge is 0.191 e. The lowest BCUT2D eigenvalue weighted by Crippen LogP contribution is -2.45. The number of nitrogens with zero attached hydrogens (tertiary/aromatic N) is 3.